The van der Waals surface area contributed by atoms with Crippen molar-refractivity contribution in [2.24, 2.45) is 28.6 Å². The summed E-state index contributed by atoms with van der Waals surface area (Å²) in [5, 5.41) is 22.2. The highest BCUT2D eigenvalue weighted by atomic mass is 16.6. The first-order valence-electron chi connectivity index (χ1n) is 15.2. The number of nitrogens with one attached hydrogen (secondary N) is 1. The van der Waals surface area contributed by atoms with E-state index in [9.17, 15) is 24.3 Å². The van der Waals surface area contributed by atoms with E-state index < -0.39 is 57.8 Å². The predicted octanol–water partition coefficient (Wildman–Crippen LogP) is 2.94. The predicted molar refractivity (Wildman–Crippen MR) is 156 cm³/mol. The van der Waals surface area contributed by atoms with Crippen LogP contribution >= 0.6 is 0 Å². The molecular formula is C33H36N4O8. The number of methoxy groups -OCH3 is 1. The van der Waals surface area contributed by atoms with E-state index in [1.54, 1.807) is 37.0 Å². The third kappa shape index (κ3) is 3.96. The number of aliphatic carboxylic acids is 1. The number of hydrogen-bond acceptors (Lipinski definition) is 9. The topological polar surface area (TPSA) is 159 Å². The molecular weight excluding hydrogens is 580 g/mol. The van der Waals surface area contributed by atoms with Crippen LogP contribution < -0.4 is 10.1 Å². The summed E-state index contributed by atoms with van der Waals surface area (Å²) in [6.07, 6.45) is 7.38. The number of esters is 2. The van der Waals surface area contributed by atoms with Crippen LogP contribution in [-0.2, 0) is 41.6 Å². The Hall–Kier alpha value is -4.48. The molecule has 8 atom stereocenters. The number of fused-ring (bicyclic) bond motifs is 1. The number of aromatic nitrogens is 3. The van der Waals surface area contributed by atoms with Crippen molar-refractivity contribution in [3.63, 3.8) is 0 Å². The molecule has 3 saturated carbocycles. The summed E-state index contributed by atoms with van der Waals surface area (Å²) in [5.74, 6) is -3.28. The van der Waals surface area contributed by atoms with Crippen molar-refractivity contribution in [1.82, 2.24) is 20.3 Å². The fourth-order valence-corrected chi connectivity index (χ4v) is 9.62. The monoisotopic (exact) mass is 616 g/mol. The van der Waals surface area contributed by atoms with Crippen molar-refractivity contribution >= 4 is 23.8 Å². The van der Waals surface area contributed by atoms with Gasteiger partial charge in [-0.1, -0.05) is 30.0 Å². The molecule has 7 rings (SSSR count). The Balaban J connectivity index is 1.15. The van der Waals surface area contributed by atoms with Gasteiger partial charge in [0.15, 0.2) is 0 Å². The second kappa shape index (κ2) is 9.76. The van der Waals surface area contributed by atoms with Crippen LogP contribution in [-0.4, -0.2) is 62.2 Å². The molecule has 12 nitrogen and oxygen atoms in total. The standard InChI is InChI=1S/C33H36N4O8/c1-18-14-31-17-32(18,44-19(2)38)11-9-23(31)33-12-10-24(30(3,29(42)45-33)27(33)26(31)28(40)41)37-16-21(35-36-37)15-34-25(39)13-20-5-7-22(43-4)8-6-20/h5-8,10,12,16,23-24,26-27H,1,9,11,13-15,17H2,2-4H3,(H,34,39)(H,40,41)/t23-,24+,26-,27-,30-,31+,32+,33-/m1/s1. The molecule has 1 aromatic heterocycles. The van der Waals surface area contributed by atoms with Crippen LogP contribution in [0, 0.1) is 28.6 Å². The molecule has 0 radical (unpaired) electrons. The van der Waals surface area contributed by atoms with Gasteiger partial charge in [0, 0.05) is 18.8 Å². The zero-order valence-corrected chi connectivity index (χ0v) is 25.4. The van der Waals surface area contributed by atoms with E-state index in [1.165, 1.54) is 6.92 Å². The number of ether oxygens (including phenoxy) is 3. The van der Waals surface area contributed by atoms with E-state index in [0.717, 1.165) is 11.1 Å². The Morgan fingerprint density at radius 2 is 2.00 bits per heavy atom. The van der Waals surface area contributed by atoms with E-state index in [-0.39, 0.29) is 24.8 Å². The van der Waals surface area contributed by atoms with Crippen molar-refractivity contribution in [2.75, 3.05) is 7.11 Å². The highest BCUT2D eigenvalue weighted by Crippen LogP contribution is 2.78. The number of rotatable bonds is 8. The number of allylic oxidation sites excluding steroid dienone is 1. The minimum atomic E-state index is -1.26. The summed E-state index contributed by atoms with van der Waals surface area (Å²) in [5.41, 5.74) is -2.01. The quantitative estimate of drug-likeness (QED) is 0.334. The first kappa shape index (κ1) is 29.2. The molecule has 4 aliphatic carbocycles. The van der Waals surface area contributed by atoms with Crippen molar-refractivity contribution in [1.29, 1.82) is 0 Å². The van der Waals surface area contributed by atoms with Gasteiger partial charge in [-0.15, -0.1) is 5.10 Å². The van der Waals surface area contributed by atoms with Crippen molar-refractivity contribution in [3.8, 4) is 5.75 Å². The molecule has 1 aliphatic heterocycles. The number of amides is 1. The lowest BCUT2D eigenvalue weighted by Crippen LogP contribution is -2.49. The lowest BCUT2D eigenvalue weighted by molar-refractivity contribution is -0.167. The Bertz CT molecular complexity index is 1670. The molecule has 0 unspecified atom stereocenters. The maximum absolute atomic E-state index is 13.9. The Morgan fingerprint density at radius 1 is 1.24 bits per heavy atom. The number of benzene rings is 1. The Kier molecular flexibility index (Phi) is 6.34. The highest BCUT2D eigenvalue weighted by Gasteiger charge is 2.84. The van der Waals surface area contributed by atoms with Gasteiger partial charge in [0.05, 0.1) is 43.6 Å². The van der Waals surface area contributed by atoms with Crippen LogP contribution in [0.3, 0.4) is 0 Å². The van der Waals surface area contributed by atoms with Gasteiger partial charge in [0.1, 0.15) is 22.6 Å². The minimum absolute atomic E-state index is 0.128. The van der Waals surface area contributed by atoms with Gasteiger partial charge in [-0.2, -0.15) is 0 Å². The maximum atomic E-state index is 13.9. The van der Waals surface area contributed by atoms with Gasteiger partial charge in [-0.3, -0.25) is 19.2 Å². The van der Waals surface area contributed by atoms with Crippen LogP contribution in [0.2, 0.25) is 0 Å². The van der Waals surface area contributed by atoms with Crippen molar-refractivity contribution in [2.45, 2.75) is 69.7 Å². The van der Waals surface area contributed by atoms with E-state index in [4.69, 9.17) is 14.2 Å². The summed E-state index contributed by atoms with van der Waals surface area (Å²) >= 11 is 0. The van der Waals surface area contributed by atoms with E-state index in [0.29, 0.717) is 37.1 Å². The van der Waals surface area contributed by atoms with E-state index >= 15 is 0 Å². The van der Waals surface area contributed by atoms with Gasteiger partial charge in [-0.05, 0) is 67.4 Å². The van der Waals surface area contributed by atoms with Gasteiger partial charge >= 0.3 is 17.9 Å². The van der Waals surface area contributed by atoms with Gasteiger partial charge < -0.3 is 24.6 Å². The van der Waals surface area contributed by atoms with Gasteiger partial charge in [0.25, 0.3) is 0 Å². The SMILES string of the molecule is C=C1C[C@]23C[C@@]1(OC(C)=O)CC[C@H]2[C@@]12C=C[C@H](n4cc(CNC(=O)Cc5ccc(OC)cc5)nn4)[C@@](C)(C(=O)O1)[C@H]2[C@@H]3C(=O)O. The van der Waals surface area contributed by atoms with Gasteiger partial charge in [-0.25, -0.2) is 4.68 Å². The summed E-state index contributed by atoms with van der Waals surface area (Å²) in [6, 6.07) is 6.58. The second-order valence-corrected chi connectivity index (χ2v) is 13.5. The molecule has 1 aromatic carbocycles. The number of carbonyl (C=O) groups excluding carboxylic acids is 3. The molecule has 1 amide bonds. The van der Waals surface area contributed by atoms with Crippen LogP contribution in [0.4, 0.5) is 0 Å². The molecule has 4 bridgehead atoms. The maximum Gasteiger partial charge on any atom is 0.315 e. The summed E-state index contributed by atoms with van der Waals surface area (Å²) in [6.45, 7) is 7.50. The van der Waals surface area contributed by atoms with Crippen molar-refractivity contribution < 1.29 is 38.5 Å². The largest absolute Gasteiger partial charge is 0.497 e. The van der Waals surface area contributed by atoms with Crippen LogP contribution in [0.25, 0.3) is 0 Å². The normalized spacial score (nSPS) is 37.0. The zero-order valence-electron chi connectivity index (χ0n) is 25.4. The molecule has 2 aromatic rings. The zero-order chi connectivity index (χ0) is 31.9. The number of nitrogens with zero attached hydrogens (tertiary/aromatic N) is 3. The fourth-order valence-electron chi connectivity index (χ4n) is 9.62. The van der Waals surface area contributed by atoms with Crippen LogP contribution in [0.15, 0.2) is 54.8 Å². The van der Waals surface area contributed by atoms with Crippen LogP contribution in [0.5, 0.6) is 5.75 Å². The second-order valence-electron chi connectivity index (χ2n) is 13.5. The van der Waals surface area contributed by atoms with Crippen LogP contribution in [0.1, 0.15) is 56.8 Å². The summed E-state index contributed by atoms with van der Waals surface area (Å²) < 4.78 is 18.9. The molecule has 2 N–H and O–H groups in total. The average Bonchev–Trinajstić information content (AvgIpc) is 3.64. The lowest BCUT2D eigenvalue weighted by atomic mass is 9.60. The van der Waals surface area contributed by atoms with E-state index in [2.05, 4.69) is 22.2 Å². The molecule has 12 heteroatoms. The number of carboxylic acid groups (broad SMARTS) is 1. The third-order valence-corrected chi connectivity index (χ3v) is 11.3. The molecule has 1 spiro atoms. The smallest absolute Gasteiger partial charge is 0.315 e. The summed E-state index contributed by atoms with van der Waals surface area (Å²) in [4.78, 5) is 51.8. The van der Waals surface area contributed by atoms with E-state index in [1.807, 2.05) is 24.3 Å². The molecule has 4 fully saturated rings. The number of carboxylic acids is 1. The average molecular weight is 617 g/mol. The highest BCUT2D eigenvalue weighted by molar-refractivity contribution is 5.86. The first-order chi connectivity index (χ1) is 21.4. The number of hydrogen-bond donors (Lipinski definition) is 2. The van der Waals surface area contributed by atoms with Crippen molar-refractivity contribution in [3.05, 3.63) is 66.0 Å². The molecule has 45 heavy (non-hydrogen) atoms. The fraction of sp³-hybridized carbons (Fsp3) is 0.515. The van der Waals surface area contributed by atoms with Gasteiger partial charge in [0.2, 0.25) is 5.91 Å². The Morgan fingerprint density at radius 3 is 2.69 bits per heavy atom. The summed E-state index contributed by atoms with van der Waals surface area (Å²) in [7, 11) is 1.58. The molecule has 236 valence electrons. The third-order valence-electron chi connectivity index (χ3n) is 11.3. The molecule has 5 aliphatic rings. The Labute approximate surface area is 259 Å². The minimum Gasteiger partial charge on any atom is -0.497 e. The molecule has 1 saturated heterocycles. The lowest BCUT2D eigenvalue weighted by Gasteiger charge is -2.45. The molecule has 2 heterocycles. The first-order valence-corrected chi connectivity index (χ1v) is 15.2. The number of carbonyl (C=O) groups is 4.